The molecule has 3 unspecified atom stereocenters. The van der Waals surface area contributed by atoms with Crippen molar-refractivity contribution in [1.29, 1.82) is 0 Å². The minimum absolute atomic E-state index is 0.0932. The van der Waals surface area contributed by atoms with Gasteiger partial charge in [0.2, 0.25) is 5.91 Å². The fraction of sp³-hybridized carbons (Fsp3) is 0.692. The number of hydrogen-bond acceptors (Lipinski definition) is 6. The Balaban J connectivity index is 2.69. The summed E-state index contributed by atoms with van der Waals surface area (Å²) < 4.78 is 11.6. The van der Waals surface area contributed by atoms with E-state index in [0.29, 0.717) is 24.9 Å². The van der Waals surface area contributed by atoms with Gasteiger partial charge in [0, 0.05) is 29.0 Å². The van der Waals surface area contributed by atoms with Gasteiger partial charge in [-0.25, -0.2) is 0 Å². The zero-order valence-corrected chi connectivity index (χ0v) is 21.9. The van der Waals surface area contributed by atoms with Crippen LogP contribution >= 0.6 is 0 Å². The summed E-state index contributed by atoms with van der Waals surface area (Å²) in [4.78, 5) is 29.6. The van der Waals surface area contributed by atoms with Gasteiger partial charge in [0.1, 0.15) is 5.54 Å². The molecule has 9 nitrogen and oxygen atoms in total. The molecule has 1 aromatic rings. The van der Waals surface area contributed by atoms with Gasteiger partial charge in [-0.2, -0.15) is 0 Å². The lowest BCUT2D eigenvalue weighted by atomic mass is 9.64. The van der Waals surface area contributed by atoms with Crippen molar-refractivity contribution >= 4 is 11.9 Å². The van der Waals surface area contributed by atoms with Crippen molar-refractivity contribution in [3.63, 3.8) is 0 Å². The Bertz CT molecular complexity index is 961. The first-order valence-electron chi connectivity index (χ1n) is 12.3. The Labute approximate surface area is 208 Å². The van der Waals surface area contributed by atoms with Gasteiger partial charge in [-0.05, 0) is 57.5 Å². The van der Waals surface area contributed by atoms with Gasteiger partial charge in [0.15, 0.2) is 5.79 Å². The Morgan fingerprint density at radius 2 is 1.94 bits per heavy atom. The number of benzene rings is 1. The van der Waals surface area contributed by atoms with Crippen molar-refractivity contribution in [1.82, 2.24) is 5.32 Å². The summed E-state index contributed by atoms with van der Waals surface area (Å²) in [6.45, 7) is 11.5. The summed E-state index contributed by atoms with van der Waals surface area (Å²) in [5, 5.41) is 18.7. The number of nitrogens with one attached hydrogen (secondary N) is 1. The van der Waals surface area contributed by atoms with Crippen molar-refractivity contribution in [2.45, 2.75) is 85.0 Å². The summed E-state index contributed by atoms with van der Waals surface area (Å²) in [6, 6.07) is 7.43. The maximum absolute atomic E-state index is 13.5. The van der Waals surface area contributed by atoms with Crippen LogP contribution in [0.2, 0.25) is 0 Å². The average molecular weight is 489 g/mol. The second kappa shape index (κ2) is 11.4. The van der Waals surface area contributed by atoms with Crippen LogP contribution in [0.25, 0.3) is 10.4 Å². The number of azide groups is 1. The van der Waals surface area contributed by atoms with Crippen LogP contribution in [0.3, 0.4) is 0 Å². The molecule has 3 atom stereocenters. The number of carbonyl (C=O) groups is 2. The molecule has 9 heteroatoms. The molecule has 1 aliphatic heterocycles. The molecule has 1 heterocycles. The third-order valence-corrected chi connectivity index (χ3v) is 6.83. The van der Waals surface area contributed by atoms with Gasteiger partial charge in [-0.15, -0.1) is 0 Å². The number of hydrogen-bond donors (Lipinski definition) is 2. The number of ether oxygens (including phenoxy) is 2. The summed E-state index contributed by atoms with van der Waals surface area (Å²) in [6.07, 6.45) is 2.08. The topological polar surface area (TPSA) is 134 Å². The number of amides is 1. The monoisotopic (exact) mass is 488 g/mol. The third-order valence-electron chi connectivity index (χ3n) is 6.83. The predicted octanol–water partition coefficient (Wildman–Crippen LogP) is 4.77. The van der Waals surface area contributed by atoms with Crippen molar-refractivity contribution < 1.29 is 24.2 Å². The molecule has 0 fully saturated rings. The van der Waals surface area contributed by atoms with Gasteiger partial charge < -0.3 is 19.9 Å². The largest absolute Gasteiger partial charge is 0.465 e. The van der Waals surface area contributed by atoms with Crippen LogP contribution in [0.1, 0.15) is 78.4 Å². The van der Waals surface area contributed by atoms with Gasteiger partial charge >= 0.3 is 5.97 Å². The number of unbranched alkanes of at least 4 members (excludes halogenated alkanes) is 1. The molecule has 0 spiro atoms. The number of aliphatic hydroxyl groups is 1. The molecule has 35 heavy (non-hydrogen) atoms. The van der Waals surface area contributed by atoms with Crippen LogP contribution in [0.4, 0.5) is 0 Å². The molecule has 0 aliphatic carbocycles. The lowest BCUT2D eigenvalue weighted by Crippen LogP contribution is -2.52. The van der Waals surface area contributed by atoms with Gasteiger partial charge in [0.05, 0.1) is 12.0 Å². The highest BCUT2D eigenvalue weighted by Crippen LogP contribution is 2.51. The first-order valence-corrected chi connectivity index (χ1v) is 12.3. The zero-order chi connectivity index (χ0) is 26.3. The highest BCUT2D eigenvalue weighted by molar-refractivity contribution is 5.87. The first-order chi connectivity index (χ1) is 16.4. The van der Waals surface area contributed by atoms with E-state index >= 15 is 0 Å². The van der Waals surface area contributed by atoms with E-state index in [1.807, 2.05) is 39.0 Å². The molecular formula is C26H40N4O5. The van der Waals surface area contributed by atoms with E-state index in [2.05, 4.69) is 15.3 Å². The molecular weight excluding hydrogens is 448 g/mol. The van der Waals surface area contributed by atoms with E-state index < -0.39 is 34.0 Å². The Morgan fingerprint density at radius 3 is 2.57 bits per heavy atom. The van der Waals surface area contributed by atoms with Gasteiger partial charge in [-0.1, -0.05) is 56.6 Å². The molecule has 0 radical (unpaired) electrons. The molecule has 2 bridgehead atoms. The third kappa shape index (κ3) is 6.34. The highest BCUT2D eigenvalue weighted by atomic mass is 16.6. The smallest absolute Gasteiger partial charge is 0.311 e. The second-order valence-corrected chi connectivity index (χ2v) is 10.5. The predicted molar refractivity (Wildman–Crippen MR) is 133 cm³/mol. The minimum atomic E-state index is -1.72. The van der Waals surface area contributed by atoms with Gasteiger partial charge in [-0.3, -0.25) is 9.59 Å². The van der Waals surface area contributed by atoms with Crippen LogP contribution in [0.5, 0.6) is 0 Å². The van der Waals surface area contributed by atoms with Gasteiger partial charge in [0.25, 0.3) is 0 Å². The van der Waals surface area contributed by atoms with E-state index in [0.717, 1.165) is 12.0 Å². The number of rotatable bonds is 7. The maximum atomic E-state index is 13.5. The summed E-state index contributed by atoms with van der Waals surface area (Å²) >= 11 is 0. The molecule has 194 valence electrons. The lowest BCUT2D eigenvalue weighted by molar-refractivity contribution is -0.281. The summed E-state index contributed by atoms with van der Waals surface area (Å²) in [7, 11) is 0. The molecule has 2 rings (SSSR count). The molecule has 1 aromatic carbocycles. The maximum Gasteiger partial charge on any atom is 0.311 e. The fourth-order valence-corrected chi connectivity index (χ4v) is 5.13. The van der Waals surface area contributed by atoms with Crippen molar-refractivity contribution in [3.8, 4) is 0 Å². The Morgan fingerprint density at radius 1 is 1.23 bits per heavy atom. The SMILES string of the molecule is CCCCOC(=O)C1(C)CC(C)(N=[N+]=[N-])C(=O)NCCc2cccc(c2)C(O)(OCC)C(C)(C)C1. The van der Waals surface area contributed by atoms with E-state index in [1.165, 1.54) is 6.92 Å². The average Bonchev–Trinajstić information content (AvgIpc) is 2.78. The molecule has 0 saturated heterocycles. The normalized spacial score (nSPS) is 28.9. The molecule has 1 amide bonds. The van der Waals surface area contributed by atoms with E-state index in [4.69, 9.17) is 9.47 Å². The van der Waals surface area contributed by atoms with Crippen molar-refractivity contribution in [2.75, 3.05) is 19.8 Å². The van der Waals surface area contributed by atoms with Crippen LogP contribution in [0.15, 0.2) is 29.4 Å². The van der Waals surface area contributed by atoms with Crippen LogP contribution in [-0.4, -0.2) is 42.3 Å². The highest BCUT2D eigenvalue weighted by Gasteiger charge is 2.54. The fourth-order valence-electron chi connectivity index (χ4n) is 5.13. The first kappa shape index (κ1) is 28.6. The second-order valence-electron chi connectivity index (χ2n) is 10.5. The van der Waals surface area contributed by atoms with E-state index in [-0.39, 0.29) is 26.1 Å². The molecule has 0 saturated carbocycles. The molecule has 0 aromatic heterocycles. The number of carbonyl (C=O) groups excluding carboxylic acids is 2. The Kier molecular flexibility index (Phi) is 9.34. The number of esters is 1. The summed E-state index contributed by atoms with van der Waals surface area (Å²) in [5.74, 6) is -2.69. The zero-order valence-electron chi connectivity index (χ0n) is 21.9. The van der Waals surface area contributed by atoms with E-state index in [9.17, 15) is 20.2 Å². The van der Waals surface area contributed by atoms with E-state index in [1.54, 1.807) is 19.9 Å². The van der Waals surface area contributed by atoms with Crippen LogP contribution in [0, 0.1) is 10.8 Å². The number of fused-ring (bicyclic) bond motifs is 2. The van der Waals surface area contributed by atoms with Crippen LogP contribution in [-0.2, 0) is 31.3 Å². The molecule has 1 aliphatic rings. The van der Waals surface area contributed by atoms with Crippen LogP contribution < -0.4 is 5.32 Å². The standard InChI is InChI=1S/C26H40N4O5/c1-7-9-15-34-22(32)24(5)17-23(3,4)26(33,35-8-2)20-12-10-11-19(16-20)13-14-28-21(31)25(6,18-24)29-30-27/h10-12,16,33H,7-9,13-15,17-18H2,1-6H3,(H,28,31). The van der Waals surface area contributed by atoms with Crippen molar-refractivity contribution in [3.05, 3.63) is 45.8 Å². The van der Waals surface area contributed by atoms with Crippen molar-refractivity contribution in [2.24, 2.45) is 15.9 Å². The number of nitrogens with zero attached hydrogens (tertiary/aromatic N) is 3. The quantitative estimate of drug-likeness (QED) is 0.142. The molecule has 2 N–H and O–H groups in total. The lowest BCUT2D eigenvalue weighted by Gasteiger charge is -2.47. The minimum Gasteiger partial charge on any atom is -0.465 e. The summed E-state index contributed by atoms with van der Waals surface area (Å²) in [5.41, 5.74) is 6.94. The Hall–Kier alpha value is -2.61.